The second kappa shape index (κ2) is 7.19. The molecule has 1 aliphatic heterocycles. The zero-order valence-corrected chi connectivity index (χ0v) is 14.8. The van der Waals surface area contributed by atoms with E-state index >= 15 is 0 Å². The molecular weight excluding hydrogens is 417 g/mol. The first-order valence-corrected chi connectivity index (χ1v) is 8.39. The van der Waals surface area contributed by atoms with Gasteiger partial charge in [0.2, 0.25) is 0 Å². The van der Waals surface area contributed by atoms with E-state index in [4.69, 9.17) is 4.74 Å². The highest BCUT2D eigenvalue weighted by Gasteiger charge is 2.34. The first-order valence-electron chi connectivity index (χ1n) is 6.49. The number of carbonyl (C=O) groups is 2. The lowest BCUT2D eigenvalue weighted by Gasteiger charge is -2.09. The fraction of sp³-hybridized carbons (Fsp3) is 0.200. The SMILES string of the molecule is C=CCN1C(=O)S/C(=C/c2cc(I)c(O)c(OCC)c2)C1=O. The molecular formula is C15H14INO4S. The summed E-state index contributed by atoms with van der Waals surface area (Å²) in [5, 5.41) is 9.61. The van der Waals surface area contributed by atoms with Gasteiger partial charge < -0.3 is 9.84 Å². The van der Waals surface area contributed by atoms with Crippen LogP contribution in [-0.4, -0.2) is 34.3 Å². The fourth-order valence-corrected chi connectivity index (χ4v) is 3.35. The average molecular weight is 431 g/mol. The summed E-state index contributed by atoms with van der Waals surface area (Å²) in [6.07, 6.45) is 3.13. The van der Waals surface area contributed by atoms with Crippen LogP contribution in [0.15, 0.2) is 29.7 Å². The number of amides is 2. The van der Waals surface area contributed by atoms with Crippen LogP contribution in [0.2, 0.25) is 0 Å². The van der Waals surface area contributed by atoms with E-state index in [1.54, 1.807) is 18.2 Å². The van der Waals surface area contributed by atoms with Crippen molar-refractivity contribution in [1.82, 2.24) is 4.90 Å². The minimum atomic E-state index is -0.337. The monoisotopic (exact) mass is 431 g/mol. The molecule has 2 amide bonds. The highest BCUT2D eigenvalue weighted by Crippen LogP contribution is 2.36. The largest absolute Gasteiger partial charge is 0.504 e. The van der Waals surface area contributed by atoms with Gasteiger partial charge >= 0.3 is 0 Å². The predicted molar refractivity (Wildman–Crippen MR) is 94.9 cm³/mol. The molecule has 1 fully saturated rings. The maximum absolute atomic E-state index is 12.2. The Morgan fingerprint density at radius 1 is 1.45 bits per heavy atom. The molecule has 0 atom stereocenters. The van der Waals surface area contributed by atoms with Crippen molar-refractivity contribution in [2.24, 2.45) is 0 Å². The third-order valence-corrected chi connectivity index (χ3v) is 4.56. The number of thioether (sulfide) groups is 1. The third-order valence-electron chi connectivity index (χ3n) is 2.83. The molecule has 116 valence electrons. The lowest BCUT2D eigenvalue weighted by Crippen LogP contribution is -2.27. The molecule has 1 aromatic rings. The van der Waals surface area contributed by atoms with Crippen LogP contribution in [0, 0.1) is 3.57 Å². The Bertz CT molecular complexity index is 672. The number of rotatable bonds is 5. The van der Waals surface area contributed by atoms with Crippen molar-refractivity contribution in [2.75, 3.05) is 13.2 Å². The van der Waals surface area contributed by atoms with E-state index in [-0.39, 0.29) is 23.4 Å². The fourth-order valence-electron chi connectivity index (χ4n) is 1.88. The highest BCUT2D eigenvalue weighted by molar-refractivity contribution is 14.1. The number of halogens is 1. The van der Waals surface area contributed by atoms with Crippen LogP contribution in [0.3, 0.4) is 0 Å². The van der Waals surface area contributed by atoms with E-state index < -0.39 is 0 Å². The normalized spacial score (nSPS) is 16.5. The maximum Gasteiger partial charge on any atom is 0.293 e. The Kier molecular flexibility index (Phi) is 5.52. The van der Waals surface area contributed by atoms with Gasteiger partial charge in [0.05, 0.1) is 15.1 Å². The summed E-state index contributed by atoms with van der Waals surface area (Å²) in [6.45, 7) is 5.97. The van der Waals surface area contributed by atoms with Gasteiger partial charge in [-0.3, -0.25) is 14.5 Å². The number of phenolic OH excluding ortho intramolecular Hbond substituents is 1. The zero-order chi connectivity index (χ0) is 16.3. The molecule has 1 aromatic carbocycles. The summed E-state index contributed by atoms with van der Waals surface area (Å²) in [5.74, 6) is 0.0845. The molecule has 1 heterocycles. The molecule has 0 unspecified atom stereocenters. The number of hydrogen-bond acceptors (Lipinski definition) is 5. The first kappa shape index (κ1) is 16.9. The number of imide groups is 1. The van der Waals surface area contributed by atoms with E-state index in [0.717, 1.165) is 16.7 Å². The van der Waals surface area contributed by atoms with E-state index in [2.05, 4.69) is 6.58 Å². The van der Waals surface area contributed by atoms with Crippen LogP contribution in [0.25, 0.3) is 6.08 Å². The van der Waals surface area contributed by atoms with Crippen LogP contribution >= 0.6 is 34.4 Å². The van der Waals surface area contributed by atoms with Gasteiger partial charge in [0.25, 0.3) is 11.1 Å². The van der Waals surface area contributed by atoms with E-state index in [0.29, 0.717) is 26.4 Å². The van der Waals surface area contributed by atoms with Crippen LogP contribution in [0.4, 0.5) is 4.79 Å². The van der Waals surface area contributed by atoms with Crippen LogP contribution in [0.5, 0.6) is 11.5 Å². The Morgan fingerprint density at radius 2 is 2.18 bits per heavy atom. The molecule has 1 N–H and O–H groups in total. The van der Waals surface area contributed by atoms with Crippen molar-refractivity contribution < 1.29 is 19.4 Å². The van der Waals surface area contributed by atoms with Crippen LogP contribution in [-0.2, 0) is 4.79 Å². The zero-order valence-electron chi connectivity index (χ0n) is 11.8. The van der Waals surface area contributed by atoms with Gasteiger partial charge in [-0.05, 0) is 65.0 Å². The summed E-state index contributed by atoms with van der Waals surface area (Å²) in [5.41, 5.74) is 0.690. The van der Waals surface area contributed by atoms with Gasteiger partial charge in [-0.15, -0.1) is 6.58 Å². The van der Waals surface area contributed by atoms with Crippen molar-refractivity contribution in [3.05, 3.63) is 38.8 Å². The minimum absolute atomic E-state index is 0.0689. The summed E-state index contributed by atoms with van der Waals surface area (Å²) in [6, 6.07) is 3.36. The quantitative estimate of drug-likeness (QED) is 0.439. The predicted octanol–water partition coefficient (Wildman–Crippen LogP) is 3.62. The second-order valence-corrected chi connectivity index (χ2v) is 6.52. The lowest BCUT2D eigenvalue weighted by atomic mass is 10.2. The maximum atomic E-state index is 12.2. The number of carbonyl (C=O) groups excluding carboxylic acids is 2. The molecule has 1 saturated heterocycles. The Labute approximate surface area is 146 Å². The molecule has 2 rings (SSSR count). The van der Waals surface area contributed by atoms with Crippen molar-refractivity contribution >= 4 is 51.6 Å². The summed E-state index contributed by atoms with van der Waals surface area (Å²) in [4.78, 5) is 25.4. The number of aromatic hydroxyl groups is 1. The highest BCUT2D eigenvalue weighted by atomic mass is 127. The van der Waals surface area contributed by atoms with Gasteiger partial charge in [0.15, 0.2) is 11.5 Å². The van der Waals surface area contributed by atoms with E-state index in [1.807, 2.05) is 29.5 Å². The molecule has 7 heteroatoms. The summed E-state index contributed by atoms with van der Waals surface area (Å²) in [7, 11) is 0. The number of benzene rings is 1. The van der Waals surface area contributed by atoms with Gasteiger partial charge in [-0.25, -0.2) is 0 Å². The first-order chi connectivity index (χ1) is 10.5. The molecule has 0 saturated carbocycles. The topological polar surface area (TPSA) is 66.8 Å². The Morgan fingerprint density at radius 3 is 2.82 bits per heavy atom. The molecule has 0 aliphatic carbocycles. The number of phenols is 1. The third kappa shape index (κ3) is 3.46. The standard InChI is InChI=1S/C15H14INO4S/c1-3-5-17-14(19)12(22-15(17)20)8-9-6-10(16)13(18)11(7-9)21-4-2/h3,6-8,18H,1,4-5H2,2H3/b12-8+. The number of nitrogens with zero attached hydrogens (tertiary/aromatic N) is 1. The lowest BCUT2D eigenvalue weighted by molar-refractivity contribution is -0.122. The van der Waals surface area contributed by atoms with E-state index in [9.17, 15) is 14.7 Å². The smallest absolute Gasteiger partial charge is 0.293 e. The van der Waals surface area contributed by atoms with E-state index in [1.165, 1.54) is 6.08 Å². The van der Waals surface area contributed by atoms with Gasteiger partial charge in [-0.1, -0.05) is 6.08 Å². The molecule has 22 heavy (non-hydrogen) atoms. The van der Waals surface area contributed by atoms with Gasteiger partial charge in [-0.2, -0.15) is 0 Å². The summed E-state index contributed by atoms with van der Waals surface area (Å²) >= 11 is 2.88. The second-order valence-electron chi connectivity index (χ2n) is 4.36. The molecule has 0 radical (unpaired) electrons. The molecule has 1 aliphatic rings. The number of ether oxygens (including phenoxy) is 1. The van der Waals surface area contributed by atoms with Crippen LogP contribution < -0.4 is 4.74 Å². The Balaban J connectivity index is 2.35. The minimum Gasteiger partial charge on any atom is -0.504 e. The van der Waals surface area contributed by atoms with Gasteiger partial charge in [0.1, 0.15) is 0 Å². The van der Waals surface area contributed by atoms with Crippen molar-refractivity contribution in [1.29, 1.82) is 0 Å². The number of hydrogen-bond donors (Lipinski definition) is 1. The molecule has 0 aromatic heterocycles. The van der Waals surface area contributed by atoms with Gasteiger partial charge in [0, 0.05) is 6.54 Å². The van der Waals surface area contributed by atoms with Crippen molar-refractivity contribution in [3.8, 4) is 11.5 Å². The molecule has 0 bridgehead atoms. The van der Waals surface area contributed by atoms with Crippen LogP contribution in [0.1, 0.15) is 12.5 Å². The van der Waals surface area contributed by atoms with Crippen molar-refractivity contribution in [3.63, 3.8) is 0 Å². The Hall–Kier alpha value is -1.48. The average Bonchev–Trinajstić information content (AvgIpc) is 2.72. The summed E-state index contributed by atoms with van der Waals surface area (Å²) < 4.78 is 5.98. The van der Waals surface area contributed by atoms with Crippen molar-refractivity contribution in [2.45, 2.75) is 6.92 Å². The molecule has 0 spiro atoms. The molecule has 5 nitrogen and oxygen atoms in total.